The van der Waals surface area contributed by atoms with Crippen LogP contribution in [-0.4, -0.2) is 36.5 Å². The van der Waals surface area contributed by atoms with E-state index in [-0.39, 0.29) is 34.1 Å². The number of rotatable bonds is 3. The van der Waals surface area contributed by atoms with Crippen LogP contribution < -0.4 is 14.2 Å². The summed E-state index contributed by atoms with van der Waals surface area (Å²) < 4.78 is 23.6. The van der Waals surface area contributed by atoms with Gasteiger partial charge in [-0.15, -0.1) is 0 Å². The number of oxime groups is 1. The Bertz CT molecular complexity index is 1170. The summed E-state index contributed by atoms with van der Waals surface area (Å²) in [6, 6.07) is 11.3. The number of carbonyl (C=O) groups excluding carboxylic acids is 1. The van der Waals surface area contributed by atoms with Gasteiger partial charge in [0.15, 0.2) is 11.5 Å². The van der Waals surface area contributed by atoms with Gasteiger partial charge in [0.25, 0.3) is 0 Å². The van der Waals surface area contributed by atoms with Crippen molar-refractivity contribution in [2.24, 2.45) is 11.1 Å². The maximum absolute atomic E-state index is 14.0. The predicted octanol–water partition coefficient (Wildman–Crippen LogP) is 4.96. The van der Waals surface area contributed by atoms with Gasteiger partial charge in [-0.3, -0.25) is 4.79 Å². The molecule has 2 aromatic rings. The third-order valence-corrected chi connectivity index (χ3v) is 6.87. The Labute approximate surface area is 190 Å². The van der Waals surface area contributed by atoms with Crippen molar-refractivity contribution in [1.29, 1.82) is 0 Å². The van der Waals surface area contributed by atoms with Crippen molar-refractivity contribution < 1.29 is 28.9 Å². The summed E-state index contributed by atoms with van der Waals surface area (Å²) in [6.45, 7) is 1.87. The maximum Gasteiger partial charge on any atom is 0.231 e. The summed E-state index contributed by atoms with van der Waals surface area (Å²) in [4.78, 5) is 14.0. The summed E-state index contributed by atoms with van der Waals surface area (Å²) in [5.41, 5.74) is 0.969. The monoisotopic (exact) mass is 455 g/mol. The minimum atomic E-state index is -1.43. The Hall–Kier alpha value is -3.19. The van der Waals surface area contributed by atoms with Crippen LogP contribution in [0.3, 0.4) is 0 Å². The number of hydrogen-bond acceptors (Lipinski definition) is 7. The van der Waals surface area contributed by atoms with Crippen LogP contribution in [0.15, 0.2) is 52.9 Å². The zero-order chi connectivity index (χ0) is 22.6. The van der Waals surface area contributed by atoms with E-state index in [1.165, 1.54) is 14.2 Å². The van der Waals surface area contributed by atoms with Crippen molar-refractivity contribution >= 4 is 23.1 Å². The van der Waals surface area contributed by atoms with Crippen LogP contribution in [0.1, 0.15) is 41.8 Å². The second kappa shape index (κ2) is 7.45. The molecule has 32 heavy (non-hydrogen) atoms. The number of benzene rings is 2. The number of ether oxygens (including phenoxy) is 4. The van der Waals surface area contributed by atoms with Crippen LogP contribution >= 0.6 is 11.6 Å². The van der Waals surface area contributed by atoms with Crippen LogP contribution in [0.5, 0.6) is 17.2 Å². The maximum atomic E-state index is 14.0. The Kier molecular flexibility index (Phi) is 4.82. The number of halogens is 1. The first kappa shape index (κ1) is 20.7. The van der Waals surface area contributed by atoms with E-state index in [1.54, 1.807) is 6.07 Å². The average Bonchev–Trinajstić information content (AvgIpc) is 3.39. The van der Waals surface area contributed by atoms with Crippen LogP contribution in [-0.2, 0) is 4.74 Å². The van der Waals surface area contributed by atoms with E-state index >= 15 is 0 Å². The van der Waals surface area contributed by atoms with Gasteiger partial charge in [0.2, 0.25) is 11.4 Å². The molecule has 7 nitrogen and oxygen atoms in total. The highest BCUT2D eigenvalue weighted by Gasteiger charge is 2.63. The fourth-order valence-electron chi connectivity index (χ4n) is 4.90. The van der Waals surface area contributed by atoms with E-state index < -0.39 is 5.60 Å². The highest BCUT2D eigenvalue weighted by Crippen LogP contribution is 2.58. The quantitative estimate of drug-likeness (QED) is 0.520. The zero-order valence-electron chi connectivity index (χ0n) is 17.8. The lowest BCUT2D eigenvalue weighted by Crippen LogP contribution is -2.52. The molecule has 1 N–H and O–H groups in total. The van der Waals surface area contributed by atoms with Gasteiger partial charge in [0.05, 0.1) is 19.9 Å². The fourth-order valence-corrected chi connectivity index (χ4v) is 5.17. The van der Waals surface area contributed by atoms with Gasteiger partial charge < -0.3 is 24.2 Å². The molecule has 3 aliphatic rings. The lowest BCUT2D eigenvalue weighted by atomic mass is 9.72. The van der Waals surface area contributed by atoms with Gasteiger partial charge in [0.1, 0.15) is 28.2 Å². The third kappa shape index (κ3) is 2.67. The molecule has 8 heteroatoms. The Morgan fingerprint density at radius 3 is 2.53 bits per heavy atom. The molecule has 2 heterocycles. The van der Waals surface area contributed by atoms with Crippen molar-refractivity contribution in [3.8, 4) is 17.2 Å². The van der Waals surface area contributed by atoms with E-state index in [0.717, 1.165) is 5.56 Å². The van der Waals surface area contributed by atoms with Crippen molar-refractivity contribution in [3.05, 3.63) is 63.9 Å². The van der Waals surface area contributed by atoms with Crippen LogP contribution in [0.4, 0.5) is 0 Å². The fraction of sp³-hybridized carbons (Fsp3) is 0.333. The standard InChI is InChI=1S/C24H22ClNO6/c1-12-9-15(26-28)14-10-16(13-7-5-4-6-8-13)31-23(14)24(12)22(27)19-17(29-2)11-18(30-3)20(25)21(19)32-24/h4-8,11-12,16,28H,9-10H2,1-3H3/b26-15+/t12-,16+,24-/m1/s1. The lowest BCUT2D eigenvalue weighted by Gasteiger charge is -2.37. The minimum Gasteiger partial charge on any atom is -0.496 e. The first-order chi connectivity index (χ1) is 15.5. The third-order valence-electron chi connectivity index (χ3n) is 6.51. The lowest BCUT2D eigenvalue weighted by molar-refractivity contribution is 0.00348. The normalized spacial score (nSPS) is 27.2. The van der Waals surface area contributed by atoms with E-state index in [1.807, 2.05) is 37.3 Å². The molecule has 0 bridgehead atoms. The molecule has 0 radical (unpaired) electrons. The summed E-state index contributed by atoms with van der Waals surface area (Å²) >= 11 is 6.54. The highest BCUT2D eigenvalue weighted by molar-refractivity contribution is 6.35. The number of nitrogens with zero attached hydrogens (tertiary/aromatic N) is 1. The number of methoxy groups -OCH3 is 2. The number of fused-ring (bicyclic) bond motifs is 2. The summed E-state index contributed by atoms with van der Waals surface area (Å²) in [7, 11) is 2.96. The molecule has 0 unspecified atom stereocenters. The smallest absolute Gasteiger partial charge is 0.231 e. The SMILES string of the molecule is COc1cc(OC)c2c(c1Cl)O[C@]1(C2=O)C2=C(C[C@@H](c3ccccc3)O2)/C(=N/O)C[C@H]1C. The van der Waals surface area contributed by atoms with Crippen molar-refractivity contribution in [2.75, 3.05) is 14.2 Å². The molecule has 0 saturated carbocycles. The van der Waals surface area contributed by atoms with Gasteiger partial charge in [-0.2, -0.15) is 0 Å². The Morgan fingerprint density at radius 1 is 1.16 bits per heavy atom. The largest absolute Gasteiger partial charge is 0.496 e. The summed E-state index contributed by atoms with van der Waals surface area (Å²) in [6.07, 6.45) is 0.484. The molecule has 0 amide bonds. The highest BCUT2D eigenvalue weighted by atomic mass is 35.5. The molecule has 0 aromatic heterocycles. The van der Waals surface area contributed by atoms with E-state index in [4.69, 9.17) is 30.5 Å². The number of hydrogen-bond donors (Lipinski definition) is 1. The van der Waals surface area contributed by atoms with Crippen LogP contribution in [0.2, 0.25) is 5.02 Å². The molecular weight excluding hydrogens is 434 g/mol. The molecule has 5 rings (SSSR count). The minimum absolute atomic E-state index is 0.196. The van der Waals surface area contributed by atoms with Gasteiger partial charge in [-0.1, -0.05) is 54.0 Å². The van der Waals surface area contributed by atoms with Gasteiger partial charge in [-0.05, 0) is 5.56 Å². The van der Waals surface area contributed by atoms with E-state index in [0.29, 0.717) is 41.4 Å². The second-order valence-electron chi connectivity index (χ2n) is 8.15. The first-order valence-electron chi connectivity index (χ1n) is 10.3. The zero-order valence-corrected chi connectivity index (χ0v) is 18.6. The van der Waals surface area contributed by atoms with Crippen LogP contribution in [0, 0.1) is 5.92 Å². The molecule has 0 saturated heterocycles. The molecule has 1 aliphatic carbocycles. The van der Waals surface area contributed by atoms with E-state index in [9.17, 15) is 10.0 Å². The molecule has 2 aromatic carbocycles. The van der Waals surface area contributed by atoms with Crippen molar-refractivity contribution in [1.82, 2.24) is 0 Å². The van der Waals surface area contributed by atoms with Gasteiger partial charge in [0, 0.05) is 30.4 Å². The summed E-state index contributed by atoms with van der Waals surface area (Å²) in [5.74, 6) is 0.570. The van der Waals surface area contributed by atoms with Gasteiger partial charge in [-0.25, -0.2) is 0 Å². The molecule has 166 valence electrons. The van der Waals surface area contributed by atoms with Gasteiger partial charge >= 0.3 is 0 Å². The number of ketones is 1. The molecule has 0 fully saturated rings. The molecular formula is C24H22ClNO6. The number of Topliss-reactive ketones (excluding diaryl/α,β-unsaturated/α-hetero) is 1. The molecule has 2 aliphatic heterocycles. The first-order valence-corrected chi connectivity index (χ1v) is 10.7. The van der Waals surface area contributed by atoms with E-state index in [2.05, 4.69) is 5.16 Å². The number of carbonyl (C=O) groups is 1. The summed E-state index contributed by atoms with van der Waals surface area (Å²) in [5, 5.41) is 13.4. The molecule has 1 spiro atoms. The topological polar surface area (TPSA) is 86.6 Å². The molecule has 3 atom stereocenters. The van der Waals surface area contributed by atoms with Crippen molar-refractivity contribution in [2.45, 2.75) is 31.5 Å². The Balaban J connectivity index is 1.67. The van der Waals surface area contributed by atoms with Crippen molar-refractivity contribution in [3.63, 3.8) is 0 Å². The average molecular weight is 456 g/mol. The Morgan fingerprint density at radius 2 is 1.88 bits per heavy atom. The second-order valence-corrected chi connectivity index (χ2v) is 8.52. The predicted molar refractivity (Wildman–Crippen MR) is 117 cm³/mol. The van der Waals surface area contributed by atoms with Crippen LogP contribution in [0.25, 0.3) is 0 Å².